The molecule has 88 valence electrons. The summed E-state index contributed by atoms with van der Waals surface area (Å²) in [4.78, 5) is 0. The van der Waals surface area contributed by atoms with Crippen LogP contribution in [0.2, 0.25) is 0 Å². The SMILES string of the molecule is Cl.O=S1(=O)C[C@]2(c3ccccc3)CNC[C@@H]21. The topological polar surface area (TPSA) is 46.2 Å². The van der Waals surface area contributed by atoms with Gasteiger partial charge in [0.15, 0.2) is 9.84 Å². The molecule has 0 bridgehead atoms. The highest BCUT2D eigenvalue weighted by atomic mass is 35.5. The maximum absolute atomic E-state index is 11.6. The first-order chi connectivity index (χ1) is 7.15. The van der Waals surface area contributed by atoms with Crippen LogP contribution in [0.15, 0.2) is 30.3 Å². The fourth-order valence-electron chi connectivity index (χ4n) is 2.85. The van der Waals surface area contributed by atoms with E-state index in [9.17, 15) is 8.42 Å². The van der Waals surface area contributed by atoms with Crippen molar-refractivity contribution in [1.82, 2.24) is 5.32 Å². The van der Waals surface area contributed by atoms with E-state index in [1.165, 1.54) is 0 Å². The first-order valence-corrected chi connectivity index (χ1v) is 6.84. The van der Waals surface area contributed by atoms with E-state index >= 15 is 0 Å². The third-order valence-electron chi connectivity index (χ3n) is 3.63. The van der Waals surface area contributed by atoms with Gasteiger partial charge >= 0.3 is 0 Å². The van der Waals surface area contributed by atoms with Crippen molar-refractivity contribution in [1.29, 1.82) is 0 Å². The van der Waals surface area contributed by atoms with Crippen molar-refractivity contribution in [3.8, 4) is 0 Å². The van der Waals surface area contributed by atoms with Gasteiger partial charge in [0.2, 0.25) is 0 Å². The van der Waals surface area contributed by atoms with Gasteiger partial charge in [0, 0.05) is 18.5 Å². The first kappa shape index (κ1) is 11.9. The van der Waals surface area contributed by atoms with Crippen molar-refractivity contribution in [2.24, 2.45) is 0 Å². The van der Waals surface area contributed by atoms with Crippen LogP contribution >= 0.6 is 12.4 Å². The van der Waals surface area contributed by atoms with Gasteiger partial charge in [0.05, 0.1) is 11.0 Å². The summed E-state index contributed by atoms with van der Waals surface area (Å²) in [7, 11) is -2.83. The Hall–Kier alpha value is -0.580. The highest BCUT2D eigenvalue weighted by molar-refractivity contribution is 7.93. The molecule has 1 N–H and O–H groups in total. The standard InChI is InChI=1S/C11H13NO2S.ClH/c13-15(14)8-11(7-12-6-10(11)15)9-4-2-1-3-5-9;/h1-5,10,12H,6-8H2;1H/t10-,11-;/m0./s1. The number of benzene rings is 1. The number of fused-ring (bicyclic) bond motifs is 1. The lowest BCUT2D eigenvalue weighted by atomic mass is 9.80. The summed E-state index contributed by atoms with van der Waals surface area (Å²) in [6.45, 7) is 1.40. The van der Waals surface area contributed by atoms with Crippen LogP contribution in [0, 0.1) is 0 Å². The predicted molar refractivity (Wildman–Crippen MR) is 65.8 cm³/mol. The van der Waals surface area contributed by atoms with Crippen LogP contribution in [0.3, 0.4) is 0 Å². The van der Waals surface area contributed by atoms with Crippen LogP contribution in [0.1, 0.15) is 5.56 Å². The van der Waals surface area contributed by atoms with Crippen molar-refractivity contribution < 1.29 is 8.42 Å². The molecule has 0 aromatic heterocycles. The molecule has 3 nitrogen and oxygen atoms in total. The van der Waals surface area contributed by atoms with Crippen LogP contribution in [0.25, 0.3) is 0 Å². The minimum absolute atomic E-state index is 0. The lowest BCUT2D eigenvalue weighted by Gasteiger charge is -2.43. The van der Waals surface area contributed by atoms with E-state index in [0.717, 1.165) is 12.1 Å². The van der Waals surface area contributed by atoms with Gasteiger partial charge in [-0.15, -0.1) is 12.4 Å². The minimum Gasteiger partial charge on any atom is -0.314 e. The fraction of sp³-hybridized carbons (Fsp3) is 0.455. The second kappa shape index (κ2) is 3.72. The van der Waals surface area contributed by atoms with Gasteiger partial charge in [-0.25, -0.2) is 8.42 Å². The highest BCUT2D eigenvalue weighted by Gasteiger charge is 2.61. The smallest absolute Gasteiger partial charge is 0.156 e. The zero-order chi connectivity index (χ0) is 10.5. The Kier molecular flexibility index (Phi) is 2.77. The molecule has 2 fully saturated rings. The van der Waals surface area contributed by atoms with E-state index in [2.05, 4.69) is 5.32 Å². The largest absolute Gasteiger partial charge is 0.314 e. The second-order valence-electron chi connectivity index (χ2n) is 4.45. The molecule has 0 radical (unpaired) electrons. The molecule has 0 amide bonds. The van der Waals surface area contributed by atoms with E-state index in [-0.39, 0.29) is 23.1 Å². The molecule has 2 saturated heterocycles. The zero-order valence-electron chi connectivity index (χ0n) is 8.72. The number of nitrogens with one attached hydrogen (secondary N) is 1. The molecule has 1 aromatic rings. The summed E-state index contributed by atoms with van der Waals surface area (Å²) >= 11 is 0. The first-order valence-electron chi connectivity index (χ1n) is 5.13. The molecular weight excluding hydrogens is 246 g/mol. The highest BCUT2D eigenvalue weighted by Crippen LogP contribution is 2.45. The Morgan fingerprint density at radius 2 is 1.94 bits per heavy atom. The Labute approximate surface area is 102 Å². The Morgan fingerprint density at radius 3 is 2.56 bits per heavy atom. The molecule has 1 aromatic carbocycles. The minimum atomic E-state index is -2.83. The average molecular weight is 260 g/mol. The third kappa shape index (κ3) is 1.40. The molecule has 16 heavy (non-hydrogen) atoms. The molecule has 5 heteroatoms. The van der Waals surface area contributed by atoms with Crippen LogP contribution in [-0.2, 0) is 15.3 Å². The van der Waals surface area contributed by atoms with E-state index in [0.29, 0.717) is 12.3 Å². The Bertz CT molecular complexity index is 488. The normalized spacial score (nSPS) is 34.6. The summed E-state index contributed by atoms with van der Waals surface area (Å²) in [5.74, 6) is 0.307. The zero-order valence-corrected chi connectivity index (χ0v) is 10.4. The van der Waals surface area contributed by atoms with Crippen molar-refractivity contribution in [3.63, 3.8) is 0 Å². The van der Waals surface area contributed by atoms with Crippen molar-refractivity contribution >= 4 is 22.2 Å². The molecule has 2 aliphatic rings. The number of sulfone groups is 1. The molecule has 0 aliphatic carbocycles. The predicted octanol–water partition coefficient (Wildman–Crippen LogP) is 0.746. The quantitative estimate of drug-likeness (QED) is 0.810. The van der Waals surface area contributed by atoms with E-state index in [4.69, 9.17) is 0 Å². The van der Waals surface area contributed by atoms with Gasteiger partial charge in [-0.05, 0) is 5.56 Å². The van der Waals surface area contributed by atoms with E-state index in [1.54, 1.807) is 0 Å². The van der Waals surface area contributed by atoms with Gasteiger partial charge < -0.3 is 5.32 Å². The maximum atomic E-state index is 11.6. The summed E-state index contributed by atoms with van der Waals surface area (Å²) in [5, 5.41) is 3.00. The molecule has 0 spiro atoms. The number of rotatable bonds is 1. The van der Waals surface area contributed by atoms with Gasteiger partial charge in [0.25, 0.3) is 0 Å². The molecular formula is C11H14ClNO2S. The average Bonchev–Trinajstić information content (AvgIpc) is 2.59. The molecule has 0 unspecified atom stereocenters. The van der Waals surface area contributed by atoms with Crippen molar-refractivity contribution in [3.05, 3.63) is 35.9 Å². The van der Waals surface area contributed by atoms with Crippen molar-refractivity contribution in [2.45, 2.75) is 10.7 Å². The number of hydrogen-bond donors (Lipinski definition) is 1. The Balaban J connectivity index is 0.000000963. The van der Waals surface area contributed by atoms with Crippen LogP contribution in [0.4, 0.5) is 0 Å². The molecule has 0 saturated carbocycles. The maximum Gasteiger partial charge on any atom is 0.156 e. The fourth-order valence-corrected chi connectivity index (χ4v) is 5.31. The van der Waals surface area contributed by atoms with Crippen molar-refractivity contribution in [2.75, 3.05) is 18.8 Å². The lowest BCUT2D eigenvalue weighted by Crippen LogP contribution is -2.59. The van der Waals surface area contributed by atoms with Crippen LogP contribution < -0.4 is 5.32 Å². The number of halogens is 1. The van der Waals surface area contributed by atoms with Gasteiger partial charge in [0.1, 0.15) is 0 Å². The molecule has 2 heterocycles. The molecule has 2 atom stereocenters. The van der Waals surface area contributed by atoms with E-state index < -0.39 is 9.84 Å². The van der Waals surface area contributed by atoms with E-state index in [1.807, 2.05) is 30.3 Å². The summed E-state index contributed by atoms with van der Waals surface area (Å²) in [5.41, 5.74) is 1.02. The van der Waals surface area contributed by atoms with Crippen LogP contribution in [-0.4, -0.2) is 32.5 Å². The summed E-state index contributed by atoms with van der Waals surface area (Å²) in [6, 6.07) is 9.99. The summed E-state index contributed by atoms with van der Waals surface area (Å²) in [6.07, 6.45) is 0. The van der Waals surface area contributed by atoms with Gasteiger partial charge in [-0.1, -0.05) is 30.3 Å². The van der Waals surface area contributed by atoms with Gasteiger partial charge in [-0.2, -0.15) is 0 Å². The van der Waals surface area contributed by atoms with Crippen LogP contribution in [0.5, 0.6) is 0 Å². The number of hydrogen-bond acceptors (Lipinski definition) is 3. The summed E-state index contributed by atoms with van der Waals surface area (Å²) < 4.78 is 23.3. The monoisotopic (exact) mass is 259 g/mol. The Morgan fingerprint density at radius 1 is 1.25 bits per heavy atom. The molecule has 3 rings (SSSR count). The van der Waals surface area contributed by atoms with Gasteiger partial charge in [-0.3, -0.25) is 0 Å². The third-order valence-corrected chi connectivity index (χ3v) is 6.03. The second-order valence-corrected chi connectivity index (χ2v) is 6.63. The molecule has 2 aliphatic heterocycles. The lowest BCUT2D eigenvalue weighted by molar-refractivity contribution is 0.444.